The molecule has 0 N–H and O–H groups in total. The summed E-state index contributed by atoms with van der Waals surface area (Å²) in [5.74, 6) is 0.647. The molecule has 0 amide bonds. The lowest BCUT2D eigenvalue weighted by atomic mass is 9.52. The summed E-state index contributed by atoms with van der Waals surface area (Å²) in [6.07, 6.45) is 0. The summed E-state index contributed by atoms with van der Waals surface area (Å²) in [5, 5.41) is 0. The van der Waals surface area contributed by atoms with Crippen LogP contribution in [0.4, 0.5) is 0 Å². The molecule has 0 aromatic carbocycles. The van der Waals surface area contributed by atoms with Gasteiger partial charge in [-0.15, -0.1) is 5.47 Å². The molecule has 0 heterocycles. The van der Waals surface area contributed by atoms with Crippen LogP contribution in [0.15, 0.2) is 11.0 Å². The second kappa shape index (κ2) is 4.16. The summed E-state index contributed by atoms with van der Waals surface area (Å²) in [5.41, 5.74) is 3.23. The van der Waals surface area contributed by atoms with Crippen molar-refractivity contribution in [2.45, 2.75) is 54.3 Å². The fraction of sp³-hybridized carbons (Fsp3) is 0.818. The molecule has 0 unspecified atom stereocenters. The summed E-state index contributed by atoms with van der Waals surface area (Å²) in [7, 11) is 2.37. The van der Waals surface area contributed by atoms with Crippen LogP contribution in [0.5, 0.6) is 0 Å². The number of allylic oxidation sites excluding steroid dienone is 2. The fourth-order valence-electron chi connectivity index (χ4n) is 1.50. The predicted molar refractivity (Wildman–Crippen MR) is 58.7 cm³/mol. The molecule has 1 heteroatoms. The Morgan fingerprint density at radius 2 is 1.50 bits per heavy atom. The van der Waals surface area contributed by atoms with Crippen LogP contribution in [0.25, 0.3) is 0 Å². The third kappa shape index (κ3) is 3.99. The lowest BCUT2D eigenvalue weighted by Crippen LogP contribution is -2.18. The van der Waals surface area contributed by atoms with Gasteiger partial charge in [-0.25, -0.2) is 0 Å². The van der Waals surface area contributed by atoms with Crippen LogP contribution in [0.2, 0.25) is 5.82 Å². The van der Waals surface area contributed by atoms with E-state index in [4.69, 9.17) is 0 Å². The minimum Gasteiger partial charge on any atom is -0.105 e. The van der Waals surface area contributed by atoms with Gasteiger partial charge in [-0.2, -0.15) is 0 Å². The highest BCUT2D eigenvalue weighted by molar-refractivity contribution is 6.47. The van der Waals surface area contributed by atoms with Gasteiger partial charge in [-0.1, -0.05) is 46.0 Å². The molecule has 0 fully saturated rings. The Kier molecular flexibility index (Phi) is 4.09. The van der Waals surface area contributed by atoms with Crippen molar-refractivity contribution >= 4 is 7.28 Å². The number of hydrogen-bond donors (Lipinski definition) is 0. The first-order valence-electron chi connectivity index (χ1n) is 4.78. The quantitative estimate of drug-likeness (QED) is 0.545. The van der Waals surface area contributed by atoms with Gasteiger partial charge in [0, 0.05) is 0 Å². The Morgan fingerprint density at radius 1 is 1.08 bits per heavy atom. The van der Waals surface area contributed by atoms with Gasteiger partial charge < -0.3 is 0 Å². The maximum Gasteiger partial charge on any atom is 0.149 e. The van der Waals surface area contributed by atoms with Gasteiger partial charge in [0.1, 0.15) is 7.28 Å². The van der Waals surface area contributed by atoms with E-state index in [1.807, 2.05) is 0 Å². The van der Waals surface area contributed by atoms with Crippen LogP contribution >= 0.6 is 0 Å². The van der Waals surface area contributed by atoms with Gasteiger partial charge in [0.2, 0.25) is 0 Å². The highest BCUT2D eigenvalue weighted by Crippen LogP contribution is 2.29. The van der Waals surface area contributed by atoms with Crippen LogP contribution in [0, 0.1) is 5.41 Å². The molecule has 0 aromatic rings. The van der Waals surface area contributed by atoms with Gasteiger partial charge in [-0.05, 0) is 19.3 Å². The van der Waals surface area contributed by atoms with Crippen molar-refractivity contribution in [2.24, 2.45) is 5.41 Å². The SMILES string of the molecule is CC(C)=C([B]C(C)C)C(C)(C)C. The average Bonchev–Trinajstić information content (AvgIpc) is 1.79. The lowest BCUT2D eigenvalue weighted by Gasteiger charge is -2.26. The highest BCUT2D eigenvalue weighted by atomic mass is 14.2. The van der Waals surface area contributed by atoms with E-state index in [0.29, 0.717) is 11.2 Å². The molecule has 0 aliphatic carbocycles. The average molecular weight is 165 g/mol. The second-order valence-corrected chi connectivity index (χ2v) is 5.07. The summed E-state index contributed by atoms with van der Waals surface area (Å²) in [6, 6.07) is 0. The van der Waals surface area contributed by atoms with Gasteiger partial charge in [0.15, 0.2) is 0 Å². The predicted octanol–water partition coefficient (Wildman–Crippen LogP) is 3.86. The fourth-order valence-corrected chi connectivity index (χ4v) is 1.50. The smallest absolute Gasteiger partial charge is 0.105 e. The second-order valence-electron chi connectivity index (χ2n) is 5.07. The van der Waals surface area contributed by atoms with E-state index in [0.717, 1.165) is 0 Å². The van der Waals surface area contributed by atoms with E-state index in [1.165, 1.54) is 11.0 Å². The summed E-state index contributed by atoms with van der Waals surface area (Å²) in [4.78, 5) is 0. The minimum atomic E-state index is 0.295. The monoisotopic (exact) mass is 165 g/mol. The molecule has 0 rings (SSSR count). The first-order valence-corrected chi connectivity index (χ1v) is 4.78. The lowest BCUT2D eigenvalue weighted by molar-refractivity contribution is 0.522. The first-order chi connectivity index (χ1) is 5.25. The molecular formula is C11H22B. The molecule has 0 aromatic heterocycles. The van der Waals surface area contributed by atoms with E-state index >= 15 is 0 Å². The van der Waals surface area contributed by atoms with Crippen LogP contribution in [0.3, 0.4) is 0 Å². The molecule has 1 radical (unpaired) electrons. The first kappa shape index (κ1) is 11.8. The number of rotatable bonds is 2. The van der Waals surface area contributed by atoms with E-state index in [9.17, 15) is 0 Å². The minimum absolute atomic E-state index is 0.295. The van der Waals surface area contributed by atoms with Gasteiger partial charge in [-0.3, -0.25) is 0 Å². The zero-order valence-electron chi connectivity index (χ0n) is 9.65. The molecule has 0 atom stereocenters. The molecule has 0 aliphatic heterocycles. The Bertz CT molecular complexity index is 166. The molecule has 0 saturated heterocycles. The Hall–Kier alpha value is -0.195. The van der Waals surface area contributed by atoms with Gasteiger partial charge >= 0.3 is 0 Å². The molecule has 0 aliphatic rings. The van der Waals surface area contributed by atoms with Crippen molar-refractivity contribution in [1.29, 1.82) is 0 Å². The molecule has 0 saturated carbocycles. The van der Waals surface area contributed by atoms with Crippen molar-refractivity contribution in [3.05, 3.63) is 11.0 Å². The standard InChI is InChI=1S/C11H22B/c1-8(2)10(11(5,6)7)12-9(3)4/h9H,1-7H3. The summed E-state index contributed by atoms with van der Waals surface area (Å²) in [6.45, 7) is 15.7. The van der Waals surface area contributed by atoms with Crippen LogP contribution in [0.1, 0.15) is 48.5 Å². The number of hydrogen-bond acceptors (Lipinski definition) is 0. The highest BCUT2D eigenvalue weighted by Gasteiger charge is 2.19. The van der Waals surface area contributed by atoms with E-state index in [2.05, 4.69) is 55.7 Å². The molecule has 69 valence electrons. The zero-order chi connectivity index (χ0) is 9.94. The summed E-state index contributed by atoms with van der Waals surface area (Å²) < 4.78 is 0. The van der Waals surface area contributed by atoms with E-state index < -0.39 is 0 Å². The van der Waals surface area contributed by atoms with E-state index in [1.54, 1.807) is 0 Å². The van der Waals surface area contributed by atoms with Crippen LogP contribution in [-0.4, -0.2) is 7.28 Å². The van der Waals surface area contributed by atoms with Crippen molar-refractivity contribution in [3.63, 3.8) is 0 Å². The molecule has 0 bridgehead atoms. The van der Waals surface area contributed by atoms with Gasteiger partial charge in [0.25, 0.3) is 0 Å². The van der Waals surface area contributed by atoms with Crippen molar-refractivity contribution < 1.29 is 0 Å². The zero-order valence-corrected chi connectivity index (χ0v) is 9.65. The van der Waals surface area contributed by atoms with Crippen LogP contribution in [-0.2, 0) is 0 Å². The third-order valence-corrected chi connectivity index (χ3v) is 1.85. The Balaban J connectivity index is 4.60. The molecule has 12 heavy (non-hydrogen) atoms. The van der Waals surface area contributed by atoms with Crippen molar-refractivity contribution in [3.8, 4) is 0 Å². The largest absolute Gasteiger partial charge is 0.149 e. The van der Waals surface area contributed by atoms with Gasteiger partial charge in [0.05, 0.1) is 0 Å². The third-order valence-electron chi connectivity index (χ3n) is 1.85. The molecule has 0 spiro atoms. The maximum absolute atomic E-state index is 2.37. The maximum atomic E-state index is 2.37. The van der Waals surface area contributed by atoms with Crippen molar-refractivity contribution in [2.75, 3.05) is 0 Å². The topological polar surface area (TPSA) is 0 Å². The molecule has 0 nitrogen and oxygen atoms in total. The molecular weight excluding hydrogens is 143 g/mol. The Morgan fingerprint density at radius 3 is 1.58 bits per heavy atom. The Labute approximate surface area is 78.7 Å². The summed E-state index contributed by atoms with van der Waals surface area (Å²) >= 11 is 0. The normalized spacial score (nSPS) is 11.7. The van der Waals surface area contributed by atoms with Crippen LogP contribution < -0.4 is 0 Å². The van der Waals surface area contributed by atoms with E-state index in [-0.39, 0.29) is 0 Å². The van der Waals surface area contributed by atoms with Crippen molar-refractivity contribution in [1.82, 2.24) is 0 Å².